The second kappa shape index (κ2) is 13.1. The van der Waals surface area contributed by atoms with E-state index in [9.17, 15) is 9.59 Å². The van der Waals surface area contributed by atoms with Gasteiger partial charge < -0.3 is 20.9 Å². The predicted molar refractivity (Wildman–Crippen MR) is 121 cm³/mol. The van der Waals surface area contributed by atoms with Crippen LogP contribution in [0.3, 0.4) is 0 Å². The van der Waals surface area contributed by atoms with Gasteiger partial charge in [-0.3, -0.25) is 9.59 Å². The number of carbonyl (C=O) groups excluding carboxylic acids is 2. The minimum atomic E-state index is -0.0338. The van der Waals surface area contributed by atoms with Crippen LogP contribution in [-0.2, 0) is 11.3 Å². The number of benzene rings is 1. The van der Waals surface area contributed by atoms with Gasteiger partial charge in [-0.15, -0.1) is 24.8 Å². The van der Waals surface area contributed by atoms with Crippen LogP contribution in [0.1, 0.15) is 48.5 Å². The quantitative estimate of drug-likeness (QED) is 0.603. The molecule has 0 bridgehead atoms. The van der Waals surface area contributed by atoms with Crippen molar-refractivity contribution in [1.29, 1.82) is 0 Å². The van der Waals surface area contributed by atoms with Crippen LogP contribution in [0, 0.1) is 5.92 Å². The topological polar surface area (TPSA) is 73.5 Å². The molecule has 0 saturated carbocycles. The van der Waals surface area contributed by atoms with Gasteiger partial charge in [0.25, 0.3) is 5.91 Å². The van der Waals surface area contributed by atoms with Crippen molar-refractivity contribution < 1.29 is 9.59 Å². The lowest BCUT2D eigenvalue weighted by atomic mass is 9.92. The van der Waals surface area contributed by atoms with Gasteiger partial charge in [-0.05, 0) is 69.9 Å². The molecule has 0 radical (unpaired) electrons. The summed E-state index contributed by atoms with van der Waals surface area (Å²) in [5.74, 6) is 0.197. The van der Waals surface area contributed by atoms with Crippen molar-refractivity contribution in [3.8, 4) is 0 Å². The van der Waals surface area contributed by atoms with Crippen LogP contribution in [0.4, 0.5) is 0 Å². The number of nitrogens with one attached hydrogen (secondary N) is 3. The lowest BCUT2D eigenvalue weighted by Crippen LogP contribution is -2.42. The fourth-order valence-corrected chi connectivity index (χ4v) is 3.91. The molecule has 2 fully saturated rings. The van der Waals surface area contributed by atoms with Crippen LogP contribution < -0.4 is 16.0 Å². The van der Waals surface area contributed by atoms with Crippen LogP contribution in [0.15, 0.2) is 24.3 Å². The first kappa shape index (κ1) is 25.7. The molecule has 0 unspecified atom stereocenters. The summed E-state index contributed by atoms with van der Waals surface area (Å²) in [7, 11) is 0. The fraction of sp³-hybridized carbons (Fsp3) is 0.619. The average molecular weight is 445 g/mol. The SMILES string of the molecule is C[C@H]1C[C@@H](C(=O)NCc2ccc(C(=O)NCCN3CCCC3)cc2)CCN1.Cl.Cl. The van der Waals surface area contributed by atoms with Crippen LogP contribution in [0.5, 0.6) is 0 Å². The molecule has 2 atom stereocenters. The largest absolute Gasteiger partial charge is 0.352 e. The first-order valence-electron chi connectivity index (χ1n) is 10.2. The third-order valence-corrected chi connectivity index (χ3v) is 5.59. The molecule has 2 aliphatic rings. The van der Waals surface area contributed by atoms with E-state index in [2.05, 4.69) is 27.8 Å². The molecule has 8 heteroatoms. The Morgan fingerprint density at radius 2 is 1.79 bits per heavy atom. The summed E-state index contributed by atoms with van der Waals surface area (Å²) >= 11 is 0. The number of rotatable bonds is 7. The number of amides is 2. The monoisotopic (exact) mass is 444 g/mol. The predicted octanol–water partition coefficient (Wildman–Crippen LogP) is 2.36. The normalized spacial score (nSPS) is 21.6. The minimum Gasteiger partial charge on any atom is -0.352 e. The zero-order chi connectivity index (χ0) is 19.1. The Bertz CT molecular complexity index is 636. The van der Waals surface area contributed by atoms with E-state index in [1.807, 2.05) is 24.3 Å². The van der Waals surface area contributed by atoms with Crippen LogP contribution >= 0.6 is 24.8 Å². The molecule has 2 heterocycles. The molecule has 1 aromatic rings. The first-order valence-corrected chi connectivity index (χ1v) is 10.2. The van der Waals surface area contributed by atoms with E-state index in [0.29, 0.717) is 24.7 Å². The number of likely N-dealkylation sites (tertiary alicyclic amines) is 1. The fourth-order valence-electron chi connectivity index (χ4n) is 3.91. The number of hydrogen-bond acceptors (Lipinski definition) is 4. The van der Waals surface area contributed by atoms with E-state index in [4.69, 9.17) is 0 Å². The Morgan fingerprint density at radius 3 is 2.45 bits per heavy atom. The van der Waals surface area contributed by atoms with Gasteiger partial charge in [-0.2, -0.15) is 0 Å². The minimum absolute atomic E-state index is 0. The molecule has 2 amide bonds. The van der Waals surface area contributed by atoms with Crippen molar-refractivity contribution in [3.05, 3.63) is 35.4 Å². The van der Waals surface area contributed by atoms with Gasteiger partial charge >= 0.3 is 0 Å². The maximum absolute atomic E-state index is 12.3. The molecule has 29 heavy (non-hydrogen) atoms. The molecule has 2 aliphatic heterocycles. The standard InChI is InChI=1S/C21H32N4O2.2ClH/c1-16-14-19(8-9-22-16)21(27)24-15-17-4-6-18(7-5-17)20(26)23-10-13-25-11-2-3-12-25;;/h4-7,16,19,22H,2-3,8-15H2,1H3,(H,23,26)(H,24,27);2*1H/t16-,19-;;/m0../s1. The second-order valence-corrected chi connectivity index (χ2v) is 7.80. The number of nitrogens with zero attached hydrogens (tertiary/aromatic N) is 1. The smallest absolute Gasteiger partial charge is 0.251 e. The number of hydrogen-bond donors (Lipinski definition) is 3. The van der Waals surface area contributed by atoms with E-state index in [-0.39, 0.29) is 42.5 Å². The maximum atomic E-state index is 12.3. The zero-order valence-electron chi connectivity index (χ0n) is 17.1. The highest BCUT2D eigenvalue weighted by Crippen LogP contribution is 2.16. The summed E-state index contributed by atoms with van der Waals surface area (Å²) in [4.78, 5) is 26.9. The lowest BCUT2D eigenvalue weighted by molar-refractivity contribution is -0.126. The van der Waals surface area contributed by atoms with E-state index in [1.54, 1.807) is 0 Å². The molecular weight excluding hydrogens is 411 g/mol. The molecule has 0 spiro atoms. The average Bonchev–Trinajstić information content (AvgIpc) is 3.20. The number of carbonyl (C=O) groups is 2. The molecule has 3 N–H and O–H groups in total. The third-order valence-electron chi connectivity index (χ3n) is 5.59. The van der Waals surface area contributed by atoms with E-state index >= 15 is 0 Å². The summed E-state index contributed by atoms with van der Waals surface area (Å²) in [5, 5.41) is 9.38. The molecule has 1 aromatic carbocycles. The van der Waals surface area contributed by atoms with Gasteiger partial charge in [0, 0.05) is 37.2 Å². The summed E-state index contributed by atoms with van der Waals surface area (Å²) in [5.41, 5.74) is 1.68. The van der Waals surface area contributed by atoms with Crippen LogP contribution in [0.2, 0.25) is 0 Å². The highest BCUT2D eigenvalue weighted by Gasteiger charge is 2.24. The van der Waals surface area contributed by atoms with E-state index in [1.165, 1.54) is 12.8 Å². The van der Waals surface area contributed by atoms with Gasteiger partial charge in [0.2, 0.25) is 5.91 Å². The molecule has 3 rings (SSSR count). The van der Waals surface area contributed by atoms with Crippen molar-refractivity contribution >= 4 is 36.6 Å². The summed E-state index contributed by atoms with van der Waals surface area (Å²) < 4.78 is 0. The zero-order valence-corrected chi connectivity index (χ0v) is 18.7. The number of halogens is 2. The highest BCUT2D eigenvalue weighted by molar-refractivity contribution is 5.94. The first-order chi connectivity index (χ1) is 13.1. The van der Waals surface area contributed by atoms with E-state index in [0.717, 1.165) is 44.6 Å². The van der Waals surface area contributed by atoms with Crippen molar-refractivity contribution in [3.63, 3.8) is 0 Å². The second-order valence-electron chi connectivity index (χ2n) is 7.80. The Labute approximate surface area is 186 Å². The lowest BCUT2D eigenvalue weighted by Gasteiger charge is -2.27. The summed E-state index contributed by atoms with van der Waals surface area (Å²) in [6.07, 6.45) is 4.32. The van der Waals surface area contributed by atoms with Crippen molar-refractivity contribution in [2.45, 2.75) is 45.2 Å². The Kier molecular flexibility index (Phi) is 11.6. The molecular formula is C21H34Cl2N4O2. The summed E-state index contributed by atoms with van der Waals surface area (Å²) in [6, 6.07) is 7.90. The van der Waals surface area contributed by atoms with Gasteiger partial charge in [-0.25, -0.2) is 0 Å². The van der Waals surface area contributed by atoms with Crippen molar-refractivity contribution in [1.82, 2.24) is 20.9 Å². The van der Waals surface area contributed by atoms with Gasteiger partial charge in [0.1, 0.15) is 0 Å². The Morgan fingerprint density at radius 1 is 1.10 bits per heavy atom. The van der Waals surface area contributed by atoms with Crippen LogP contribution in [-0.4, -0.2) is 55.5 Å². The summed E-state index contributed by atoms with van der Waals surface area (Å²) in [6.45, 7) is 7.43. The molecule has 6 nitrogen and oxygen atoms in total. The van der Waals surface area contributed by atoms with Gasteiger partial charge in [-0.1, -0.05) is 12.1 Å². The highest BCUT2D eigenvalue weighted by atomic mass is 35.5. The molecule has 0 aliphatic carbocycles. The van der Waals surface area contributed by atoms with Crippen LogP contribution in [0.25, 0.3) is 0 Å². The maximum Gasteiger partial charge on any atom is 0.251 e. The van der Waals surface area contributed by atoms with Crippen molar-refractivity contribution in [2.24, 2.45) is 5.92 Å². The third kappa shape index (κ3) is 8.13. The molecule has 2 saturated heterocycles. The Balaban J connectivity index is 0.00000210. The van der Waals surface area contributed by atoms with Gasteiger partial charge in [0.05, 0.1) is 0 Å². The Hall–Kier alpha value is -1.34. The molecule has 164 valence electrons. The van der Waals surface area contributed by atoms with Gasteiger partial charge in [0.15, 0.2) is 0 Å². The van der Waals surface area contributed by atoms with E-state index < -0.39 is 0 Å². The molecule has 0 aromatic heterocycles. The van der Waals surface area contributed by atoms with Crippen molar-refractivity contribution in [2.75, 3.05) is 32.7 Å². The number of piperidine rings is 1.